The van der Waals surface area contributed by atoms with Gasteiger partial charge in [0.05, 0.1) is 0 Å². The van der Waals surface area contributed by atoms with Crippen LogP contribution in [0.1, 0.15) is 34.6 Å². The highest BCUT2D eigenvalue weighted by Crippen LogP contribution is 2.27. The molecule has 0 spiro atoms. The summed E-state index contributed by atoms with van der Waals surface area (Å²) in [6, 6.07) is 8.54. The number of benzene rings is 2. The van der Waals surface area contributed by atoms with Crippen molar-refractivity contribution in [2.45, 2.75) is 13.8 Å². The smallest absolute Gasteiger partial charge is 0.161 e. The minimum Gasteiger partial charge on any atom is -0.504 e. The lowest BCUT2D eigenvalue weighted by atomic mass is 10.1. The van der Waals surface area contributed by atoms with Crippen molar-refractivity contribution < 1.29 is 29.6 Å². The number of hydrogen-bond donors (Lipinski definition) is 3. The summed E-state index contributed by atoms with van der Waals surface area (Å²) in [6.07, 6.45) is 3.37. The molecule has 0 atom stereocenters. The molecule has 156 valence electrons. The normalized spacial score (nSPS) is 9.07. The molecule has 0 saturated carbocycles. The van der Waals surface area contributed by atoms with Crippen molar-refractivity contribution in [3.63, 3.8) is 0 Å². The molecule has 2 aromatic rings. The topological polar surface area (TPSA) is 104 Å². The van der Waals surface area contributed by atoms with Gasteiger partial charge in [-0.2, -0.15) is 0 Å². The second kappa shape index (κ2) is 14.0. The fraction of sp³-hybridized carbons (Fsp3) is 0.182. The van der Waals surface area contributed by atoms with Gasteiger partial charge in [-0.25, -0.2) is 0 Å². The standard InChI is InChI=1S/C11H12O3.C8H8O3.C3H5Br/c1-3-6-14-11-5-4-9(8(2)12)7-10(11)13;1-5(9)6-2-3-7(10)8(11)4-6;1-2-3-4/h3-5,7,13H,1,6H2,2H3;2-4,10-11H,1H3;2H,1,3H2. The molecule has 29 heavy (non-hydrogen) atoms. The van der Waals surface area contributed by atoms with Crippen molar-refractivity contribution >= 4 is 27.5 Å². The lowest BCUT2D eigenvalue weighted by Gasteiger charge is -2.06. The van der Waals surface area contributed by atoms with Gasteiger partial charge in [-0.15, -0.1) is 6.58 Å². The fourth-order valence-electron chi connectivity index (χ4n) is 1.75. The summed E-state index contributed by atoms with van der Waals surface area (Å²) in [5, 5.41) is 28.2. The second-order valence-electron chi connectivity index (χ2n) is 5.54. The quantitative estimate of drug-likeness (QED) is 0.239. The van der Waals surface area contributed by atoms with E-state index >= 15 is 0 Å². The van der Waals surface area contributed by atoms with Gasteiger partial charge in [-0.1, -0.05) is 34.7 Å². The van der Waals surface area contributed by atoms with E-state index in [4.69, 9.17) is 14.9 Å². The predicted octanol–water partition coefficient (Wildman–Crippen LogP) is 5.03. The SMILES string of the molecule is C=CCBr.C=CCOc1ccc(C(C)=O)cc1O.CC(=O)c1ccc(O)c(O)c1. The summed E-state index contributed by atoms with van der Waals surface area (Å²) >= 11 is 3.13. The first kappa shape index (κ1) is 25.9. The number of phenols is 3. The predicted molar refractivity (Wildman–Crippen MR) is 118 cm³/mol. The van der Waals surface area contributed by atoms with E-state index < -0.39 is 0 Å². The molecule has 0 unspecified atom stereocenters. The molecular weight excluding hydrogens is 440 g/mol. The Kier molecular flexibility index (Phi) is 12.5. The maximum Gasteiger partial charge on any atom is 0.161 e. The van der Waals surface area contributed by atoms with Crippen molar-refractivity contribution in [2.24, 2.45) is 0 Å². The van der Waals surface area contributed by atoms with Crippen LogP contribution < -0.4 is 4.74 Å². The van der Waals surface area contributed by atoms with E-state index in [-0.39, 0.29) is 28.8 Å². The fourth-order valence-corrected chi connectivity index (χ4v) is 1.75. The number of alkyl halides is 1. The van der Waals surface area contributed by atoms with Crippen LogP contribution in [0.15, 0.2) is 61.7 Å². The van der Waals surface area contributed by atoms with Crippen LogP contribution >= 0.6 is 15.9 Å². The molecule has 2 aromatic carbocycles. The number of ketones is 2. The molecule has 0 aliphatic rings. The first-order valence-corrected chi connectivity index (χ1v) is 9.57. The molecule has 6 nitrogen and oxygen atoms in total. The van der Waals surface area contributed by atoms with Gasteiger partial charge >= 0.3 is 0 Å². The van der Waals surface area contributed by atoms with E-state index in [0.717, 1.165) is 5.33 Å². The van der Waals surface area contributed by atoms with Crippen molar-refractivity contribution in [2.75, 3.05) is 11.9 Å². The molecule has 2 rings (SSSR count). The van der Waals surface area contributed by atoms with E-state index in [2.05, 4.69) is 29.1 Å². The molecule has 0 saturated heterocycles. The highest BCUT2D eigenvalue weighted by Gasteiger charge is 2.05. The number of aromatic hydroxyl groups is 3. The van der Waals surface area contributed by atoms with Crippen LogP contribution in [0.3, 0.4) is 0 Å². The van der Waals surface area contributed by atoms with Gasteiger partial charge in [-0.05, 0) is 50.2 Å². The zero-order chi connectivity index (χ0) is 22.4. The molecule has 0 radical (unpaired) electrons. The molecular formula is C22H25BrO6. The number of carbonyl (C=O) groups is 2. The first-order chi connectivity index (χ1) is 13.7. The molecule has 0 aromatic heterocycles. The number of Topliss-reactive ketones (excluding diaryl/α,β-unsaturated/α-hetero) is 2. The van der Waals surface area contributed by atoms with Gasteiger partial charge in [0.1, 0.15) is 6.61 Å². The van der Waals surface area contributed by atoms with Crippen molar-refractivity contribution in [1.29, 1.82) is 0 Å². The first-order valence-electron chi connectivity index (χ1n) is 8.45. The largest absolute Gasteiger partial charge is 0.504 e. The number of carbonyl (C=O) groups excluding carboxylic acids is 2. The van der Waals surface area contributed by atoms with E-state index in [0.29, 0.717) is 23.5 Å². The molecule has 0 aliphatic heterocycles. The van der Waals surface area contributed by atoms with Crippen LogP contribution in [0.5, 0.6) is 23.0 Å². The Bertz CT molecular complexity index is 845. The Morgan fingerprint density at radius 1 is 0.897 bits per heavy atom. The summed E-state index contributed by atoms with van der Waals surface area (Å²) in [6.45, 7) is 10.1. The molecule has 0 amide bonds. The minimum atomic E-state index is -0.266. The van der Waals surface area contributed by atoms with E-state index in [1.165, 1.54) is 38.1 Å². The van der Waals surface area contributed by atoms with Gasteiger partial charge < -0.3 is 20.1 Å². The Morgan fingerprint density at radius 3 is 1.76 bits per heavy atom. The monoisotopic (exact) mass is 464 g/mol. The van der Waals surface area contributed by atoms with Gasteiger partial charge in [0.25, 0.3) is 0 Å². The highest BCUT2D eigenvalue weighted by molar-refractivity contribution is 9.09. The van der Waals surface area contributed by atoms with E-state index in [1.807, 2.05) is 0 Å². The maximum atomic E-state index is 11.0. The number of hydrogen-bond acceptors (Lipinski definition) is 6. The third kappa shape index (κ3) is 10.2. The summed E-state index contributed by atoms with van der Waals surface area (Å²) in [5.74, 6) is -0.377. The number of halogens is 1. The molecule has 0 bridgehead atoms. The summed E-state index contributed by atoms with van der Waals surface area (Å²) in [7, 11) is 0. The number of allylic oxidation sites excluding steroid dienone is 1. The highest BCUT2D eigenvalue weighted by atomic mass is 79.9. The zero-order valence-electron chi connectivity index (χ0n) is 16.4. The van der Waals surface area contributed by atoms with Crippen LogP contribution in [0.25, 0.3) is 0 Å². The Labute approximate surface area is 178 Å². The molecule has 0 fully saturated rings. The third-order valence-corrected chi connectivity index (χ3v) is 3.67. The van der Waals surface area contributed by atoms with E-state index in [9.17, 15) is 14.7 Å². The third-order valence-electron chi connectivity index (χ3n) is 3.21. The number of ether oxygens (including phenoxy) is 1. The summed E-state index contributed by atoms with van der Waals surface area (Å²) in [5.41, 5.74) is 0.855. The Hall–Kier alpha value is -3.06. The minimum absolute atomic E-state index is 0.0282. The second-order valence-corrected chi connectivity index (χ2v) is 6.19. The van der Waals surface area contributed by atoms with Gasteiger partial charge in [0.2, 0.25) is 0 Å². The van der Waals surface area contributed by atoms with Crippen LogP contribution in [0.2, 0.25) is 0 Å². The van der Waals surface area contributed by atoms with Gasteiger partial charge in [-0.3, -0.25) is 9.59 Å². The van der Waals surface area contributed by atoms with Gasteiger partial charge in [0, 0.05) is 16.5 Å². The molecule has 3 N–H and O–H groups in total. The lowest BCUT2D eigenvalue weighted by molar-refractivity contribution is 0.100. The lowest BCUT2D eigenvalue weighted by Crippen LogP contribution is -1.95. The molecule has 7 heteroatoms. The summed E-state index contributed by atoms with van der Waals surface area (Å²) < 4.78 is 5.14. The van der Waals surface area contributed by atoms with Crippen LogP contribution in [0, 0.1) is 0 Å². The Balaban J connectivity index is 0.000000466. The van der Waals surface area contributed by atoms with Crippen LogP contribution in [-0.4, -0.2) is 38.8 Å². The number of rotatable bonds is 6. The average molecular weight is 465 g/mol. The van der Waals surface area contributed by atoms with Crippen LogP contribution in [0.4, 0.5) is 0 Å². The Morgan fingerprint density at radius 2 is 1.38 bits per heavy atom. The zero-order valence-corrected chi connectivity index (χ0v) is 18.0. The van der Waals surface area contributed by atoms with Crippen molar-refractivity contribution in [1.82, 2.24) is 0 Å². The van der Waals surface area contributed by atoms with Crippen molar-refractivity contribution in [3.8, 4) is 23.0 Å². The molecule has 0 heterocycles. The van der Waals surface area contributed by atoms with Crippen molar-refractivity contribution in [3.05, 3.63) is 72.8 Å². The van der Waals surface area contributed by atoms with Gasteiger partial charge in [0.15, 0.2) is 34.6 Å². The maximum absolute atomic E-state index is 11.0. The average Bonchev–Trinajstić information content (AvgIpc) is 2.69. The molecule has 0 aliphatic carbocycles. The summed E-state index contributed by atoms with van der Waals surface area (Å²) in [4.78, 5) is 21.7. The van der Waals surface area contributed by atoms with Crippen LogP contribution in [-0.2, 0) is 0 Å². The van der Waals surface area contributed by atoms with E-state index in [1.54, 1.807) is 24.3 Å². The number of phenolic OH excluding ortho intramolecular Hbond substituents is 3.